The first-order chi connectivity index (χ1) is 11.5. The van der Waals surface area contributed by atoms with Gasteiger partial charge < -0.3 is 4.74 Å². The van der Waals surface area contributed by atoms with Crippen LogP contribution < -0.4 is 0 Å². The number of carbonyl (C=O) groups excluding carboxylic acids is 1. The summed E-state index contributed by atoms with van der Waals surface area (Å²) in [6.45, 7) is 2.36. The fourth-order valence-corrected chi connectivity index (χ4v) is 3.98. The van der Waals surface area contributed by atoms with E-state index in [1.807, 2.05) is 6.07 Å². The molecule has 1 aliphatic rings. The summed E-state index contributed by atoms with van der Waals surface area (Å²) in [6.07, 6.45) is 3.68. The predicted molar refractivity (Wildman–Crippen MR) is 94.6 cm³/mol. The zero-order valence-corrected chi connectivity index (χ0v) is 15.0. The molecule has 2 rings (SSSR count). The second kappa shape index (κ2) is 7.88. The Labute approximate surface area is 144 Å². The molecule has 5 heteroatoms. The Morgan fingerprint density at radius 2 is 1.79 bits per heavy atom. The van der Waals surface area contributed by atoms with E-state index in [4.69, 9.17) is 4.74 Å². The van der Waals surface area contributed by atoms with Crippen LogP contribution in [-0.2, 0) is 15.1 Å². The van der Waals surface area contributed by atoms with Gasteiger partial charge in [-0.25, -0.2) is 0 Å². The molecule has 0 N–H and O–H groups in total. The first-order valence-corrected chi connectivity index (χ1v) is 8.66. The molecule has 0 spiro atoms. The Morgan fingerprint density at radius 3 is 2.29 bits per heavy atom. The molecule has 1 fully saturated rings. The molecule has 0 heterocycles. The Balaban J connectivity index is 2.21. The lowest BCUT2D eigenvalue weighted by Gasteiger charge is -2.49. The fourth-order valence-electron chi connectivity index (χ4n) is 3.98. The Kier molecular flexibility index (Phi) is 6.10. The second-order valence-corrected chi connectivity index (χ2v) is 7.06. The van der Waals surface area contributed by atoms with Gasteiger partial charge in [-0.15, -0.1) is 0 Å². The van der Waals surface area contributed by atoms with E-state index in [1.54, 1.807) is 6.92 Å². The Morgan fingerprint density at radius 1 is 1.17 bits per heavy atom. The minimum absolute atomic E-state index is 0.0533. The smallest absolute Gasteiger partial charge is 0.306 e. The third-order valence-electron chi connectivity index (χ3n) is 5.53. The lowest BCUT2D eigenvalue weighted by Crippen LogP contribution is -2.48. The van der Waals surface area contributed by atoms with E-state index in [9.17, 15) is 9.70 Å². The van der Waals surface area contributed by atoms with Crippen LogP contribution in [0, 0.1) is 10.3 Å². The van der Waals surface area contributed by atoms with Gasteiger partial charge in [-0.05, 0) is 52.3 Å². The van der Waals surface area contributed by atoms with Crippen LogP contribution in [0.1, 0.15) is 44.6 Å². The topological polar surface area (TPSA) is 59.0 Å². The Hall–Kier alpha value is -1.75. The van der Waals surface area contributed by atoms with E-state index in [0.717, 1.165) is 25.7 Å². The molecule has 0 aromatic heterocycles. The van der Waals surface area contributed by atoms with Crippen LogP contribution in [0.5, 0.6) is 0 Å². The molecule has 0 amide bonds. The molecule has 1 aliphatic carbocycles. The molecular formula is C19H28N2O3. The van der Waals surface area contributed by atoms with Gasteiger partial charge in [0.15, 0.2) is 0 Å². The van der Waals surface area contributed by atoms with Crippen molar-refractivity contribution in [2.75, 3.05) is 27.2 Å². The van der Waals surface area contributed by atoms with Crippen molar-refractivity contribution in [2.45, 2.75) is 44.6 Å². The molecule has 0 radical (unpaired) electrons. The Bertz CT molecular complexity index is 549. The lowest BCUT2D eigenvalue weighted by molar-refractivity contribution is -0.147. The zero-order valence-electron chi connectivity index (χ0n) is 15.0. The summed E-state index contributed by atoms with van der Waals surface area (Å²) in [5.74, 6) is -0.224. The molecule has 1 saturated carbocycles. The fraction of sp³-hybridized carbons (Fsp3) is 0.632. The number of hydrogen-bond acceptors (Lipinski definition) is 5. The van der Waals surface area contributed by atoms with E-state index in [2.05, 4.69) is 48.4 Å². The predicted octanol–water partition coefficient (Wildman–Crippen LogP) is 3.72. The third-order valence-corrected chi connectivity index (χ3v) is 5.53. The maximum absolute atomic E-state index is 12.0. The average Bonchev–Trinajstić information content (AvgIpc) is 2.57. The van der Waals surface area contributed by atoms with Crippen LogP contribution in [0.15, 0.2) is 35.5 Å². The molecule has 0 unspecified atom stereocenters. The summed E-state index contributed by atoms with van der Waals surface area (Å²) in [4.78, 5) is 25.2. The standard InChI is InChI=1S/C19H28N2O3/c1-4-24-17(22)14-18(15-20-23)10-12-19(13-11-18,21(2)3)16-8-6-5-7-9-16/h5-9H,4,10-15H2,1-3H3. The highest BCUT2D eigenvalue weighted by Gasteiger charge is 2.46. The number of nitroso groups, excluding NO2 is 1. The first kappa shape index (κ1) is 18.6. The molecule has 24 heavy (non-hydrogen) atoms. The van der Waals surface area contributed by atoms with Crippen molar-refractivity contribution >= 4 is 5.97 Å². The maximum atomic E-state index is 12.0. The van der Waals surface area contributed by atoms with Gasteiger partial charge in [0.25, 0.3) is 0 Å². The van der Waals surface area contributed by atoms with E-state index in [1.165, 1.54) is 5.56 Å². The molecule has 0 atom stereocenters. The SMILES string of the molecule is CCOC(=O)CC1(CN=O)CCC(c2ccccc2)(N(C)C)CC1. The normalized spacial score (nSPS) is 27.0. The van der Waals surface area contributed by atoms with Crippen molar-refractivity contribution in [1.82, 2.24) is 4.90 Å². The summed E-state index contributed by atoms with van der Waals surface area (Å²) in [5, 5.41) is 3.14. The number of nitrogens with zero attached hydrogens (tertiary/aromatic N) is 2. The van der Waals surface area contributed by atoms with E-state index in [0.29, 0.717) is 6.61 Å². The molecule has 0 aliphatic heterocycles. The molecular weight excluding hydrogens is 304 g/mol. The van der Waals surface area contributed by atoms with Crippen molar-refractivity contribution in [3.63, 3.8) is 0 Å². The van der Waals surface area contributed by atoms with E-state index < -0.39 is 0 Å². The number of benzene rings is 1. The van der Waals surface area contributed by atoms with Crippen LogP contribution in [-0.4, -0.2) is 38.1 Å². The van der Waals surface area contributed by atoms with Gasteiger partial charge >= 0.3 is 5.97 Å². The highest BCUT2D eigenvalue weighted by molar-refractivity contribution is 5.70. The van der Waals surface area contributed by atoms with Crippen molar-refractivity contribution in [3.8, 4) is 0 Å². The lowest BCUT2D eigenvalue weighted by atomic mass is 9.63. The summed E-state index contributed by atoms with van der Waals surface area (Å²) in [6, 6.07) is 10.5. The largest absolute Gasteiger partial charge is 0.466 e. The van der Waals surface area contributed by atoms with Crippen LogP contribution >= 0.6 is 0 Å². The number of rotatable bonds is 7. The van der Waals surface area contributed by atoms with Gasteiger partial charge in [0, 0.05) is 11.0 Å². The van der Waals surface area contributed by atoms with Crippen LogP contribution in [0.2, 0.25) is 0 Å². The van der Waals surface area contributed by atoms with Crippen molar-refractivity contribution in [2.24, 2.45) is 10.6 Å². The van der Waals surface area contributed by atoms with Crippen molar-refractivity contribution in [3.05, 3.63) is 40.8 Å². The van der Waals surface area contributed by atoms with Gasteiger partial charge in [0.1, 0.15) is 0 Å². The van der Waals surface area contributed by atoms with Gasteiger partial charge in [-0.3, -0.25) is 9.69 Å². The first-order valence-electron chi connectivity index (χ1n) is 8.66. The zero-order chi connectivity index (χ0) is 17.6. The van der Waals surface area contributed by atoms with Crippen LogP contribution in [0.3, 0.4) is 0 Å². The van der Waals surface area contributed by atoms with E-state index in [-0.39, 0.29) is 29.9 Å². The summed E-state index contributed by atoms with van der Waals surface area (Å²) in [7, 11) is 4.20. The van der Waals surface area contributed by atoms with Gasteiger partial charge in [-0.2, -0.15) is 4.91 Å². The molecule has 1 aromatic rings. The summed E-state index contributed by atoms with van der Waals surface area (Å²) >= 11 is 0. The second-order valence-electron chi connectivity index (χ2n) is 7.06. The summed E-state index contributed by atoms with van der Waals surface area (Å²) < 4.78 is 5.11. The van der Waals surface area contributed by atoms with Crippen molar-refractivity contribution in [1.29, 1.82) is 0 Å². The third kappa shape index (κ3) is 3.83. The van der Waals surface area contributed by atoms with Crippen molar-refractivity contribution < 1.29 is 9.53 Å². The van der Waals surface area contributed by atoms with Crippen LogP contribution in [0.4, 0.5) is 0 Å². The molecule has 0 bridgehead atoms. The van der Waals surface area contributed by atoms with E-state index >= 15 is 0 Å². The van der Waals surface area contributed by atoms with Gasteiger partial charge in [-0.1, -0.05) is 35.5 Å². The van der Waals surface area contributed by atoms with Gasteiger partial charge in [0.05, 0.1) is 19.6 Å². The number of ether oxygens (including phenoxy) is 1. The monoisotopic (exact) mass is 332 g/mol. The highest BCUT2D eigenvalue weighted by Crippen LogP contribution is 2.49. The highest BCUT2D eigenvalue weighted by atomic mass is 16.5. The average molecular weight is 332 g/mol. The van der Waals surface area contributed by atoms with Crippen LogP contribution in [0.25, 0.3) is 0 Å². The molecule has 132 valence electrons. The molecule has 1 aromatic carbocycles. The number of esters is 1. The number of carbonyl (C=O) groups is 1. The minimum Gasteiger partial charge on any atom is -0.466 e. The molecule has 0 saturated heterocycles. The maximum Gasteiger partial charge on any atom is 0.306 e. The number of hydrogen-bond donors (Lipinski definition) is 0. The van der Waals surface area contributed by atoms with Gasteiger partial charge in [0.2, 0.25) is 0 Å². The minimum atomic E-state index is -0.359. The molecule has 5 nitrogen and oxygen atoms in total. The quantitative estimate of drug-likeness (QED) is 0.564. The summed E-state index contributed by atoms with van der Waals surface area (Å²) in [5.41, 5.74) is 0.878.